The molecule has 0 saturated heterocycles. The van der Waals surface area contributed by atoms with E-state index in [1.165, 1.54) is 6.07 Å². The number of halogens is 4. The number of alkyl halides is 3. The Bertz CT molecular complexity index is 415. The highest BCUT2D eigenvalue weighted by Crippen LogP contribution is 2.34. The summed E-state index contributed by atoms with van der Waals surface area (Å²) in [6.45, 7) is 5.54. The lowest BCUT2D eigenvalue weighted by Crippen LogP contribution is -2.16. The SMILES string of the molecule is C=CCCC(C)Nc1cc(C(F)(F)F)ccc1Br. The molecule has 0 aromatic heterocycles. The number of rotatable bonds is 5. The van der Waals surface area contributed by atoms with Gasteiger partial charge >= 0.3 is 6.18 Å². The van der Waals surface area contributed by atoms with Crippen LogP contribution in [0.3, 0.4) is 0 Å². The van der Waals surface area contributed by atoms with Gasteiger partial charge in [-0.15, -0.1) is 6.58 Å². The highest BCUT2D eigenvalue weighted by molar-refractivity contribution is 9.10. The van der Waals surface area contributed by atoms with Crippen LogP contribution in [-0.4, -0.2) is 6.04 Å². The predicted molar refractivity (Wildman–Crippen MR) is 71.7 cm³/mol. The van der Waals surface area contributed by atoms with E-state index in [-0.39, 0.29) is 6.04 Å². The predicted octanol–water partition coefficient (Wildman–Crippen LogP) is 5.23. The molecule has 0 saturated carbocycles. The summed E-state index contributed by atoms with van der Waals surface area (Å²) in [5.41, 5.74) is -0.189. The van der Waals surface area contributed by atoms with E-state index < -0.39 is 11.7 Å². The van der Waals surface area contributed by atoms with E-state index in [0.717, 1.165) is 25.0 Å². The minimum absolute atomic E-state index is 0.0859. The highest BCUT2D eigenvalue weighted by Gasteiger charge is 2.30. The van der Waals surface area contributed by atoms with Crippen molar-refractivity contribution in [3.63, 3.8) is 0 Å². The van der Waals surface area contributed by atoms with Gasteiger partial charge in [0.1, 0.15) is 0 Å². The molecule has 1 unspecified atom stereocenters. The molecule has 0 radical (unpaired) electrons. The maximum Gasteiger partial charge on any atom is 0.416 e. The first-order chi connectivity index (χ1) is 8.34. The Morgan fingerprint density at radius 1 is 1.44 bits per heavy atom. The molecule has 1 aromatic carbocycles. The molecule has 0 aliphatic rings. The first kappa shape index (κ1) is 15.1. The zero-order chi connectivity index (χ0) is 13.8. The molecule has 0 spiro atoms. The standard InChI is InChI=1S/C13H15BrF3N/c1-3-4-5-9(2)18-12-8-10(13(15,16)17)6-7-11(12)14/h3,6-9,18H,1,4-5H2,2H3. The lowest BCUT2D eigenvalue weighted by molar-refractivity contribution is -0.137. The van der Waals surface area contributed by atoms with Crippen molar-refractivity contribution in [3.8, 4) is 0 Å². The Kier molecular flexibility index (Phi) is 5.26. The van der Waals surface area contributed by atoms with Crippen LogP contribution in [0.2, 0.25) is 0 Å². The van der Waals surface area contributed by atoms with Crippen LogP contribution in [0.5, 0.6) is 0 Å². The average molecular weight is 322 g/mol. The van der Waals surface area contributed by atoms with Crippen molar-refractivity contribution < 1.29 is 13.2 Å². The molecule has 0 aliphatic carbocycles. The maximum absolute atomic E-state index is 12.6. The monoisotopic (exact) mass is 321 g/mol. The zero-order valence-electron chi connectivity index (χ0n) is 10.0. The molecular weight excluding hydrogens is 307 g/mol. The van der Waals surface area contributed by atoms with Crippen molar-refractivity contribution in [2.75, 3.05) is 5.32 Å². The van der Waals surface area contributed by atoms with Crippen LogP contribution < -0.4 is 5.32 Å². The van der Waals surface area contributed by atoms with E-state index in [0.29, 0.717) is 10.2 Å². The molecule has 1 rings (SSSR count). The molecule has 0 aliphatic heterocycles. The fourth-order valence-corrected chi connectivity index (χ4v) is 1.88. The summed E-state index contributed by atoms with van der Waals surface area (Å²) in [4.78, 5) is 0. The van der Waals surface area contributed by atoms with Crippen LogP contribution in [0.4, 0.5) is 18.9 Å². The summed E-state index contributed by atoms with van der Waals surface area (Å²) >= 11 is 3.24. The van der Waals surface area contributed by atoms with E-state index >= 15 is 0 Å². The summed E-state index contributed by atoms with van der Waals surface area (Å²) in [5, 5.41) is 3.06. The van der Waals surface area contributed by atoms with Crippen molar-refractivity contribution in [3.05, 3.63) is 40.9 Å². The Balaban J connectivity index is 2.84. The molecule has 0 heterocycles. The second-order valence-electron chi connectivity index (χ2n) is 4.10. The molecule has 1 nitrogen and oxygen atoms in total. The number of anilines is 1. The minimum Gasteiger partial charge on any atom is -0.382 e. The largest absolute Gasteiger partial charge is 0.416 e. The van der Waals surface area contributed by atoms with Crippen LogP contribution in [0.15, 0.2) is 35.3 Å². The van der Waals surface area contributed by atoms with Gasteiger partial charge in [0.05, 0.1) is 5.56 Å². The van der Waals surface area contributed by atoms with E-state index in [9.17, 15) is 13.2 Å². The molecule has 0 amide bonds. The van der Waals surface area contributed by atoms with Gasteiger partial charge in [0, 0.05) is 16.2 Å². The number of hydrogen-bond acceptors (Lipinski definition) is 1. The molecule has 0 fully saturated rings. The quantitative estimate of drug-likeness (QED) is 0.732. The van der Waals surface area contributed by atoms with E-state index in [4.69, 9.17) is 0 Å². The third-order valence-corrected chi connectivity index (χ3v) is 3.19. The Hall–Kier alpha value is -0.970. The number of nitrogens with one attached hydrogen (secondary N) is 1. The van der Waals surface area contributed by atoms with Gasteiger partial charge in [-0.25, -0.2) is 0 Å². The smallest absolute Gasteiger partial charge is 0.382 e. The van der Waals surface area contributed by atoms with Crippen molar-refractivity contribution in [1.29, 1.82) is 0 Å². The fraction of sp³-hybridized carbons (Fsp3) is 0.385. The summed E-state index contributed by atoms with van der Waals surface area (Å²) in [6, 6.07) is 3.67. The maximum atomic E-state index is 12.6. The van der Waals surface area contributed by atoms with Gasteiger partial charge in [0.25, 0.3) is 0 Å². The molecule has 5 heteroatoms. The third-order valence-electron chi connectivity index (χ3n) is 2.50. The average Bonchev–Trinajstić information content (AvgIpc) is 2.28. The normalized spacial score (nSPS) is 13.2. The van der Waals surface area contributed by atoms with E-state index in [2.05, 4.69) is 27.8 Å². The van der Waals surface area contributed by atoms with Gasteiger partial charge in [-0.05, 0) is 53.9 Å². The third kappa shape index (κ3) is 4.37. The van der Waals surface area contributed by atoms with Crippen LogP contribution in [-0.2, 0) is 6.18 Å². The van der Waals surface area contributed by atoms with Gasteiger partial charge in [0.2, 0.25) is 0 Å². The molecule has 0 bridgehead atoms. The lowest BCUT2D eigenvalue weighted by atomic mass is 10.1. The van der Waals surface area contributed by atoms with Crippen LogP contribution >= 0.6 is 15.9 Å². The van der Waals surface area contributed by atoms with E-state index in [1.54, 1.807) is 6.08 Å². The Morgan fingerprint density at radius 3 is 2.67 bits per heavy atom. The summed E-state index contributed by atoms with van der Waals surface area (Å²) < 4.78 is 38.4. The van der Waals surface area contributed by atoms with Crippen LogP contribution in [0, 0.1) is 0 Å². The van der Waals surface area contributed by atoms with Crippen molar-refractivity contribution in [2.24, 2.45) is 0 Å². The van der Waals surface area contributed by atoms with Gasteiger partial charge in [-0.1, -0.05) is 6.08 Å². The first-order valence-electron chi connectivity index (χ1n) is 5.58. The van der Waals surface area contributed by atoms with Crippen molar-refractivity contribution >= 4 is 21.6 Å². The summed E-state index contributed by atoms with van der Waals surface area (Å²) in [6.07, 6.45) is -0.877. The second-order valence-corrected chi connectivity index (χ2v) is 4.96. The fourth-order valence-electron chi connectivity index (χ4n) is 1.52. The van der Waals surface area contributed by atoms with Crippen LogP contribution in [0.1, 0.15) is 25.3 Å². The molecular formula is C13H15BrF3N. The van der Waals surface area contributed by atoms with Gasteiger partial charge in [0.15, 0.2) is 0 Å². The summed E-state index contributed by atoms with van der Waals surface area (Å²) in [5.74, 6) is 0. The van der Waals surface area contributed by atoms with Gasteiger partial charge < -0.3 is 5.32 Å². The van der Waals surface area contributed by atoms with Gasteiger partial charge in [-0.3, -0.25) is 0 Å². The summed E-state index contributed by atoms with van der Waals surface area (Å²) in [7, 11) is 0. The molecule has 1 N–H and O–H groups in total. The number of hydrogen-bond donors (Lipinski definition) is 1. The zero-order valence-corrected chi connectivity index (χ0v) is 11.6. The van der Waals surface area contributed by atoms with Crippen molar-refractivity contribution in [2.45, 2.75) is 32.0 Å². The Labute approximate surface area is 113 Å². The number of allylic oxidation sites excluding steroid dienone is 1. The van der Waals surface area contributed by atoms with Crippen LogP contribution in [0.25, 0.3) is 0 Å². The first-order valence-corrected chi connectivity index (χ1v) is 6.38. The second kappa shape index (κ2) is 6.27. The topological polar surface area (TPSA) is 12.0 Å². The van der Waals surface area contributed by atoms with Gasteiger partial charge in [-0.2, -0.15) is 13.2 Å². The molecule has 100 valence electrons. The minimum atomic E-state index is -4.32. The molecule has 18 heavy (non-hydrogen) atoms. The van der Waals surface area contributed by atoms with Crippen molar-refractivity contribution in [1.82, 2.24) is 0 Å². The molecule has 1 aromatic rings. The van der Waals surface area contributed by atoms with E-state index in [1.807, 2.05) is 6.92 Å². The number of benzene rings is 1. The highest BCUT2D eigenvalue weighted by atomic mass is 79.9. The Morgan fingerprint density at radius 2 is 2.11 bits per heavy atom. The lowest BCUT2D eigenvalue weighted by Gasteiger charge is -2.17. The molecule has 1 atom stereocenters.